The number of halogens is 4. The van der Waals surface area contributed by atoms with E-state index in [1.54, 1.807) is 18.2 Å². The Morgan fingerprint density at radius 1 is 1.32 bits per heavy atom. The third kappa shape index (κ3) is 4.84. The first-order valence-electron chi connectivity index (χ1n) is 9.59. The summed E-state index contributed by atoms with van der Waals surface area (Å²) in [6, 6.07) is 6.66. The third-order valence-electron chi connectivity index (χ3n) is 4.81. The molecule has 0 saturated heterocycles. The van der Waals surface area contributed by atoms with Gasteiger partial charge >= 0.3 is 6.18 Å². The van der Waals surface area contributed by atoms with Gasteiger partial charge < -0.3 is 15.4 Å². The van der Waals surface area contributed by atoms with Crippen molar-refractivity contribution in [2.24, 2.45) is 0 Å². The second-order valence-corrected chi connectivity index (χ2v) is 7.60. The fourth-order valence-corrected chi connectivity index (χ4v) is 3.32. The number of amides is 1. The van der Waals surface area contributed by atoms with Crippen molar-refractivity contribution in [2.75, 3.05) is 19.0 Å². The van der Waals surface area contributed by atoms with Crippen molar-refractivity contribution in [3.63, 3.8) is 0 Å². The predicted molar refractivity (Wildman–Crippen MR) is 110 cm³/mol. The molecular weight excluding hydrogens is 435 g/mol. The van der Waals surface area contributed by atoms with Gasteiger partial charge in [0, 0.05) is 29.8 Å². The van der Waals surface area contributed by atoms with Crippen molar-refractivity contribution < 1.29 is 22.7 Å². The molecule has 0 bridgehead atoms. The number of carbonyl (C=O) groups excluding carboxylic acids is 1. The number of aromatic nitrogens is 3. The first-order valence-corrected chi connectivity index (χ1v) is 9.97. The van der Waals surface area contributed by atoms with E-state index in [0.29, 0.717) is 33.9 Å². The van der Waals surface area contributed by atoms with E-state index in [9.17, 15) is 18.0 Å². The Morgan fingerprint density at radius 2 is 2.10 bits per heavy atom. The minimum absolute atomic E-state index is 0.0839. The summed E-state index contributed by atoms with van der Waals surface area (Å²) in [6.07, 6.45) is -1.79. The molecule has 4 rings (SSSR count). The number of anilines is 1. The summed E-state index contributed by atoms with van der Waals surface area (Å²) < 4.78 is 44.3. The van der Waals surface area contributed by atoms with Crippen LogP contribution in [0.3, 0.4) is 0 Å². The molecule has 1 aromatic carbocycles. The van der Waals surface area contributed by atoms with Crippen LogP contribution in [0, 0.1) is 0 Å². The number of carbonyl (C=O) groups is 1. The van der Waals surface area contributed by atoms with E-state index in [1.807, 2.05) is 0 Å². The van der Waals surface area contributed by atoms with E-state index >= 15 is 0 Å². The van der Waals surface area contributed by atoms with Crippen LogP contribution >= 0.6 is 11.6 Å². The number of alkyl halides is 3. The monoisotopic (exact) mass is 453 g/mol. The van der Waals surface area contributed by atoms with Crippen molar-refractivity contribution in [1.82, 2.24) is 19.9 Å². The predicted octanol–water partition coefficient (Wildman–Crippen LogP) is 4.31. The smallest absolute Gasteiger partial charge is 0.390 e. The Kier molecular flexibility index (Phi) is 5.65. The van der Waals surface area contributed by atoms with Gasteiger partial charge in [0.15, 0.2) is 10.8 Å². The highest BCUT2D eigenvalue weighted by Crippen LogP contribution is 2.33. The molecule has 1 fully saturated rings. The first-order chi connectivity index (χ1) is 14.7. The number of hydrogen-bond acceptors (Lipinski definition) is 5. The van der Waals surface area contributed by atoms with Crippen molar-refractivity contribution in [3.05, 3.63) is 41.2 Å². The van der Waals surface area contributed by atoms with Gasteiger partial charge in [-0.05, 0) is 31.0 Å². The average molecular weight is 454 g/mol. The van der Waals surface area contributed by atoms with Crippen LogP contribution in [0.5, 0.6) is 5.75 Å². The van der Waals surface area contributed by atoms with Gasteiger partial charge in [-0.1, -0.05) is 11.6 Å². The van der Waals surface area contributed by atoms with E-state index in [0.717, 1.165) is 12.8 Å². The van der Waals surface area contributed by atoms with E-state index < -0.39 is 12.6 Å². The topological polar surface area (TPSA) is 80.5 Å². The molecule has 1 amide bonds. The molecule has 164 valence electrons. The third-order valence-corrected chi connectivity index (χ3v) is 5.00. The number of imidazole rings is 1. The number of fused-ring (bicyclic) bond motifs is 1. The number of rotatable bonds is 7. The maximum atomic E-state index is 12.5. The average Bonchev–Trinajstić information content (AvgIpc) is 3.42. The Bertz CT molecular complexity index is 1130. The van der Waals surface area contributed by atoms with Crippen LogP contribution < -0.4 is 15.4 Å². The van der Waals surface area contributed by atoms with Gasteiger partial charge in [0.25, 0.3) is 5.91 Å². The van der Waals surface area contributed by atoms with Crippen LogP contribution in [0.4, 0.5) is 18.9 Å². The minimum atomic E-state index is -4.28. The van der Waals surface area contributed by atoms with E-state index in [-0.39, 0.29) is 23.6 Å². The molecule has 2 N–H and O–H groups in total. The zero-order chi connectivity index (χ0) is 22.2. The quantitative estimate of drug-likeness (QED) is 0.557. The maximum absolute atomic E-state index is 12.5. The van der Waals surface area contributed by atoms with Gasteiger partial charge in [0.2, 0.25) is 0 Å². The second kappa shape index (κ2) is 8.26. The number of nitrogens with one attached hydrogen (secondary N) is 2. The molecule has 1 saturated carbocycles. The molecule has 1 aliphatic carbocycles. The van der Waals surface area contributed by atoms with E-state index in [2.05, 4.69) is 20.7 Å². The summed E-state index contributed by atoms with van der Waals surface area (Å²) in [7, 11) is 1.48. The molecule has 0 aliphatic heterocycles. The molecule has 11 heteroatoms. The van der Waals surface area contributed by atoms with Crippen LogP contribution in [0.15, 0.2) is 30.5 Å². The van der Waals surface area contributed by atoms with Crippen molar-refractivity contribution in [1.29, 1.82) is 0 Å². The number of methoxy groups -OCH3 is 1. The fourth-order valence-electron chi connectivity index (χ4n) is 3.13. The lowest BCUT2D eigenvalue weighted by molar-refractivity contribution is -0.131. The normalized spacial score (nSPS) is 14.0. The van der Waals surface area contributed by atoms with Crippen LogP contribution in [-0.2, 0) is 0 Å². The molecule has 2 aromatic heterocycles. The lowest BCUT2D eigenvalue weighted by atomic mass is 10.1. The van der Waals surface area contributed by atoms with Crippen LogP contribution in [0.1, 0.15) is 29.6 Å². The standard InChI is InChI=1S/C20H19ClF3N5O2/c1-31-16-8-11(19(30)27-12-3-4-12)2-5-13(16)15-10-26-18-14(9-17(21)28-29(15)18)25-7-6-20(22,23)24/h2,5,8-10,12,25H,3-4,6-7H2,1H3,(H,27,30). The Labute approximate surface area is 180 Å². The summed E-state index contributed by atoms with van der Waals surface area (Å²) in [6.45, 7) is -0.324. The van der Waals surface area contributed by atoms with Crippen LogP contribution in [-0.4, -0.2) is 46.4 Å². The Morgan fingerprint density at radius 3 is 2.77 bits per heavy atom. The lowest BCUT2D eigenvalue weighted by Crippen LogP contribution is -2.25. The van der Waals surface area contributed by atoms with Crippen LogP contribution in [0.2, 0.25) is 5.15 Å². The minimum Gasteiger partial charge on any atom is -0.496 e. The summed E-state index contributed by atoms with van der Waals surface area (Å²) >= 11 is 6.10. The van der Waals surface area contributed by atoms with Crippen molar-refractivity contribution >= 4 is 28.8 Å². The molecule has 0 atom stereocenters. The highest BCUT2D eigenvalue weighted by molar-refractivity contribution is 6.29. The van der Waals surface area contributed by atoms with Crippen molar-refractivity contribution in [2.45, 2.75) is 31.5 Å². The van der Waals surface area contributed by atoms with Gasteiger partial charge in [0.05, 0.1) is 31.1 Å². The molecule has 2 heterocycles. The van der Waals surface area contributed by atoms with E-state index in [1.165, 1.54) is 23.9 Å². The number of nitrogens with zero attached hydrogens (tertiary/aromatic N) is 3. The van der Waals surface area contributed by atoms with Crippen molar-refractivity contribution in [3.8, 4) is 17.0 Å². The maximum Gasteiger partial charge on any atom is 0.390 e. The summed E-state index contributed by atoms with van der Waals surface area (Å²) in [5.41, 5.74) is 2.23. The molecule has 0 unspecified atom stereocenters. The molecular formula is C20H19ClF3N5O2. The number of ether oxygens (including phenoxy) is 1. The summed E-state index contributed by atoms with van der Waals surface area (Å²) in [5.74, 6) is 0.251. The highest BCUT2D eigenvalue weighted by Gasteiger charge is 2.27. The molecule has 3 aromatic rings. The molecule has 7 nitrogen and oxygen atoms in total. The largest absolute Gasteiger partial charge is 0.496 e. The second-order valence-electron chi connectivity index (χ2n) is 7.21. The van der Waals surface area contributed by atoms with E-state index in [4.69, 9.17) is 16.3 Å². The number of benzene rings is 1. The highest BCUT2D eigenvalue weighted by atomic mass is 35.5. The zero-order valence-corrected chi connectivity index (χ0v) is 17.2. The van der Waals surface area contributed by atoms with Gasteiger partial charge in [-0.25, -0.2) is 9.50 Å². The van der Waals surface area contributed by atoms with Gasteiger partial charge in [-0.3, -0.25) is 4.79 Å². The first kappa shape index (κ1) is 21.2. The fraction of sp³-hybridized carbons (Fsp3) is 0.350. The van der Waals surface area contributed by atoms with Gasteiger partial charge in [0.1, 0.15) is 5.75 Å². The van der Waals surface area contributed by atoms with Crippen LogP contribution in [0.25, 0.3) is 16.9 Å². The summed E-state index contributed by atoms with van der Waals surface area (Å²) in [5, 5.41) is 9.95. The number of hydrogen-bond donors (Lipinski definition) is 2. The Balaban J connectivity index is 1.67. The molecule has 31 heavy (non-hydrogen) atoms. The van der Waals surface area contributed by atoms with Gasteiger partial charge in [-0.2, -0.15) is 18.3 Å². The lowest BCUT2D eigenvalue weighted by Gasteiger charge is -2.12. The molecule has 0 radical (unpaired) electrons. The van der Waals surface area contributed by atoms with Gasteiger partial charge in [-0.15, -0.1) is 0 Å². The molecule has 1 aliphatic rings. The SMILES string of the molecule is COc1cc(C(=O)NC2CC2)ccc1-c1cnc2c(NCCC(F)(F)F)cc(Cl)nn12. The zero-order valence-electron chi connectivity index (χ0n) is 16.5. The Hall–Kier alpha value is -3.01. The summed E-state index contributed by atoms with van der Waals surface area (Å²) in [4.78, 5) is 16.6. The molecule has 0 spiro atoms.